The van der Waals surface area contributed by atoms with E-state index in [1.807, 2.05) is 12.1 Å². The third-order valence-electron chi connectivity index (χ3n) is 4.19. The first-order valence-corrected chi connectivity index (χ1v) is 9.31. The van der Waals surface area contributed by atoms with Crippen LogP contribution in [0, 0.1) is 0 Å². The standard InChI is InChI=1S/C21H23NO2Si/c1-23-21(24-2)16-13-14-19(20(25)15-16)22(17-9-5-3-6-10-17)18-11-7-4-8-12-18/h3-15,21H,1-2,25H3. The first-order valence-electron chi connectivity index (χ1n) is 8.31. The molecule has 0 amide bonds. The highest BCUT2D eigenvalue weighted by Gasteiger charge is 2.16. The fourth-order valence-electron chi connectivity index (χ4n) is 3.03. The van der Waals surface area contributed by atoms with Gasteiger partial charge < -0.3 is 14.4 Å². The van der Waals surface area contributed by atoms with Crippen LogP contribution in [0.15, 0.2) is 78.9 Å². The molecule has 0 aromatic heterocycles. The second-order valence-corrected chi connectivity index (χ2v) is 6.93. The van der Waals surface area contributed by atoms with Crippen LogP contribution in [-0.2, 0) is 9.47 Å². The van der Waals surface area contributed by atoms with Gasteiger partial charge in [0.25, 0.3) is 0 Å². The predicted molar refractivity (Wildman–Crippen MR) is 107 cm³/mol. The lowest BCUT2D eigenvalue weighted by atomic mass is 10.1. The van der Waals surface area contributed by atoms with Crippen molar-refractivity contribution in [1.82, 2.24) is 0 Å². The van der Waals surface area contributed by atoms with Crippen LogP contribution in [0.2, 0.25) is 0 Å². The molecule has 0 aliphatic heterocycles. The molecule has 0 aliphatic rings. The minimum absolute atomic E-state index is 0.330. The summed E-state index contributed by atoms with van der Waals surface area (Å²) in [5, 5.41) is 1.30. The first-order chi connectivity index (χ1) is 12.2. The molecule has 0 saturated heterocycles. The van der Waals surface area contributed by atoms with E-state index in [-0.39, 0.29) is 6.29 Å². The number of methoxy groups -OCH3 is 2. The Morgan fingerprint density at radius 3 is 1.72 bits per heavy atom. The minimum Gasteiger partial charge on any atom is -0.352 e. The van der Waals surface area contributed by atoms with E-state index in [2.05, 4.69) is 71.6 Å². The summed E-state index contributed by atoms with van der Waals surface area (Å²) in [6.45, 7) is 0. The van der Waals surface area contributed by atoms with E-state index in [1.54, 1.807) is 14.2 Å². The number of ether oxygens (including phenoxy) is 2. The van der Waals surface area contributed by atoms with Crippen molar-refractivity contribution in [1.29, 1.82) is 0 Å². The monoisotopic (exact) mass is 349 g/mol. The number of hydrogen-bond acceptors (Lipinski definition) is 3. The lowest BCUT2D eigenvalue weighted by Gasteiger charge is -2.28. The molecule has 0 aliphatic carbocycles. The highest BCUT2D eigenvalue weighted by Crippen LogP contribution is 2.33. The third kappa shape index (κ3) is 3.82. The smallest absolute Gasteiger partial charge is 0.183 e. The third-order valence-corrected chi connectivity index (χ3v) is 4.99. The van der Waals surface area contributed by atoms with E-state index in [4.69, 9.17) is 9.47 Å². The Morgan fingerprint density at radius 1 is 0.760 bits per heavy atom. The molecular weight excluding hydrogens is 326 g/mol. The predicted octanol–water partition coefficient (Wildman–Crippen LogP) is 3.44. The fraction of sp³-hybridized carbons (Fsp3) is 0.143. The van der Waals surface area contributed by atoms with Crippen molar-refractivity contribution in [2.75, 3.05) is 19.1 Å². The molecule has 25 heavy (non-hydrogen) atoms. The Bertz CT molecular complexity index is 765. The van der Waals surface area contributed by atoms with Gasteiger partial charge in [0.05, 0.1) is 0 Å². The SMILES string of the molecule is COC(OC)c1ccc(N(c2ccccc2)c2ccccc2)c([SiH3])c1. The van der Waals surface area contributed by atoms with Gasteiger partial charge in [0.15, 0.2) is 6.29 Å². The van der Waals surface area contributed by atoms with E-state index >= 15 is 0 Å². The van der Waals surface area contributed by atoms with Gasteiger partial charge in [0.2, 0.25) is 0 Å². The van der Waals surface area contributed by atoms with Gasteiger partial charge >= 0.3 is 0 Å². The van der Waals surface area contributed by atoms with Crippen LogP contribution in [0.1, 0.15) is 11.9 Å². The van der Waals surface area contributed by atoms with Gasteiger partial charge in [-0.3, -0.25) is 0 Å². The summed E-state index contributed by atoms with van der Waals surface area (Å²) in [5.74, 6) is 0. The van der Waals surface area contributed by atoms with Gasteiger partial charge in [-0.1, -0.05) is 48.5 Å². The summed E-state index contributed by atoms with van der Waals surface area (Å²) in [6.07, 6.45) is -0.330. The number of anilines is 3. The van der Waals surface area contributed by atoms with Gasteiger partial charge in [0.1, 0.15) is 0 Å². The second kappa shape index (κ2) is 8.12. The minimum atomic E-state index is -0.330. The lowest BCUT2D eigenvalue weighted by Crippen LogP contribution is -2.20. The molecule has 0 heterocycles. The Hall–Kier alpha value is -2.40. The maximum absolute atomic E-state index is 5.39. The van der Waals surface area contributed by atoms with Crippen LogP contribution in [0.25, 0.3) is 0 Å². The Labute approximate surface area is 152 Å². The van der Waals surface area contributed by atoms with Crippen LogP contribution in [0.3, 0.4) is 0 Å². The normalized spacial score (nSPS) is 11.0. The quantitative estimate of drug-likeness (QED) is 0.503. The Balaban J connectivity index is 2.08. The van der Waals surface area contributed by atoms with Crippen molar-refractivity contribution in [3.05, 3.63) is 84.4 Å². The zero-order chi connectivity index (χ0) is 17.6. The van der Waals surface area contributed by atoms with Crippen LogP contribution in [0.5, 0.6) is 0 Å². The average molecular weight is 350 g/mol. The van der Waals surface area contributed by atoms with Gasteiger partial charge in [0, 0.05) is 47.1 Å². The molecular formula is C21H23NO2Si. The number of rotatable bonds is 6. The van der Waals surface area contributed by atoms with Gasteiger partial charge in [-0.2, -0.15) is 0 Å². The molecule has 0 atom stereocenters. The largest absolute Gasteiger partial charge is 0.352 e. The zero-order valence-corrected chi connectivity index (χ0v) is 16.8. The molecule has 0 radical (unpaired) electrons. The molecule has 0 spiro atoms. The molecule has 3 aromatic carbocycles. The van der Waals surface area contributed by atoms with Crippen molar-refractivity contribution in [2.45, 2.75) is 6.29 Å². The van der Waals surface area contributed by atoms with Crippen LogP contribution < -0.4 is 10.1 Å². The fourth-order valence-corrected chi connectivity index (χ4v) is 3.75. The Morgan fingerprint density at radius 2 is 1.28 bits per heavy atom. The highest BCUT2D eigenvalue weighted by atomic mass is 28.1. The highest BCUT2D eigenvalue weighted by molar-refractivity contribution is 6.36. The zero-order valence-electron chi connectivity index (χ0n) is 14.8. The lowest BCUT2D eigenvalue weighted by molar-refractivity contribution is -0.105. The van der Waals surface area contributed by atoms with E-state index in [9.17, 15) is 0 Å². The summed E-state index contributed by atoms with van der Waals surface area (Å²) < 4.78 is 10.8. The van der Waals surface area contributed by atoms with Gasteiger partial charge in [-0.15, -0.1) is 0 Å². The van der Waals surface area contributed by atoms with Crippen molar-refractivity contribution < 1.29 is 9.47 Å². The summed E-state index contributed by atoms with van der Waals surface area (Å²) >= 11 is 0. The van der Waals surface area contributed by atoms with E-state index < -0.39 is 0 Å². The summed E-state index contributed by atoms with van der Waals surface area (Å²) in [5.41, 5.74) is 4.53. The molecule has 3 rings (SSSR count). The Kier molecular flexibility index (Phi) is 5.66. The summed E-state index contributed by atoms with van der Waals surface area (Å²) in [6, 6.07) is 27.3. The van der Waals surface area contributed by atoms with E-state index in [0.717, 1.165) is 27.2 Å². The molecule has 3 nitrogen and oxygen atoms in total. The molecule has 0 fully saturated rings. The van der Waals surface area contributed by atoms with Crippen LogP contribution in [-0.4, -0.2) is 24.5 Å². The first kappa shape index (κ1) is 17.4. The van der Waals surface area contributed by atoms with E-state index in [0.29, 0.717) is 0 Å². The number of benzene rings is 3. The molecule has 0 bridgehead atoms. The number of hydrogen-bond donors (Lipinski definition) is 0. The van der Waals surface area contributed by atoms with E-state index in [1.165, 1.54) is 10.9 Å². The van der Waals surface area contributed by atoms with Gasteiger partial charge in [-0.25, -0.2) is 0 Å². The van der Waals surface area contributed by atoms with Crippen LogP contribution in [0.4, 0.5) is 17.1 Å². The topological polar surface area (TPSA) is 21.7 Å². The maximum Gasteiger partial charge on any atom is 0.183 e. The van der Waals surface area contributed by atoms with Crippen molar-refractivity contribution in [2.24, 2.45) is 0 Å². The molecule has 0 saturated carbocycles. The molecule has 4 heteroatoms. The molecule has 0 N–H and O–H groups in total. The average Bonchev–Trinajstić information content (AvgIpc) is 2.66. The summed E-state index contributed by atoms with van der Waals surface area (Å²) in [7, 11) is 4.25. The van der Waals surface area contributed by atoms with Crippen molar-refractivity contribution in [3.63, 3.8) is 0 Å². The summed E-state index contributed by atoms with van der Waals surface area (Å²) in [4.78, 5) is 2.29. The molecule has 3 aromatic rings. The maximum atomic E-state index is 5.39. The molecule has 0 unspecified atom stereocenters. The molecule has 128 valence electrons. The second-order valence-electron chi connectivity index (χ2n) is 5.86. The number of para-hydroxylation sites is 2. The van der Waals surface area contributed by atoms with Crippen molar-refractivity contribution >= 4 is 32.5 Å². The van der Waals surface area contributed by atoms with Gasteiger partial charge in [-0.05, 0) is 35.5 Å². The van der Waals surface area contributed by atoms with Crippen LogP contribution >= 0.6 is 0 Å². The van der Waals surface area contributed by atoms with Crippen molar-refractivity contribution in [3.8, 4) is 0 Å². The number of nitrogens with zero attached hydrogens (tertiary/aromatic N) is 1.